The predicted molar refractivity (Wildman–Crippen MR) is 49.2 cm³/mol. The molecular weight excluding hydrogens is 152 g/mol. The van der Waals surface area contributed by atoms with E-state index in [0.29, 0.717) is 5.62 Å². The minimum atomic E-state index is 0.553. The van der Waals surface area contributed by atoms with E-state index >= 15 is 0 Å². The SMILES string of the molecule is C=Cn1nccnc1=NC.CC. The Hall–Kier alpha value is -1.45. The second kappa shape index (κ2) is 6.27. The molecule has 0 aromatic carbocycles. The average molecular weight is 166 g/mol. The maximum absolute atomic E-state index is 3.93. The van der Waals surface area contributed by atoms with Crippen molar-refractivity contribution in [3.8, 4) is 0 Å². The first-order valence-electron chi connectivity index (χ1n) is 3.83. The van der Waals surface area contributed by atoms with Crippen LogP contribution in [0, 0.1) is 0 Å². The van der Waals surface area contributed by atoms with Gasteiger partial charge in [-0.2, -0.15) is 5.10 Å². The van der Waals surface area contributed by atoms with Crippen molar-refractivity contribution in [2.75, 3.05) is 7.05 Å². The van der Waals surface area contributed by atoms with Crippen LogP contribution in [-0.2, 0) is 0 Å². The molecule has 0 saturated carbocycles. The van der Waals surface area contributed by atoms with Crippen molar-refractivity contribution < 1.29 is 0 Å². The number of nitrogens with zero attached hydrogens (tertiary/aromatic N) is 4. The first kappa shape index (κ1) is 10.6. The fraction of sp³-hybridized carbons (Fsp3) is 0.375. The standard InChI is InChI=1S/C6H8N4.C2H6/c1-3-10-6(7-2)8-4-5-9-10;1-2/h3-5H,1H2,2H3;1-2H3. The highest BCUT2D eigenvalue weighted by Gasteiger charge is 1.83. The molecule has 4 nitrogen and oxygen atoms in total. The Morgan fingerprint density at radius 3 is 2.58 bits per heavy atom. The van der Waals surface area contributed by atoms with Crippen LogP contribution >= 0.6 is 0 Å². The van der Waals surface area contributed by atoms with Crippen molar-refractivity contribution in [3.05, 3.63) is 24.6 Å². The summed E-state index contributed by atoms with van der Waals surface area (Å²) in [4.78, 5) is 7.79. The molecular formula is C8H14N4. The third kappa shape index (κ3) is 2.65. The summed E-state index contributed by atoms with van der Waals surface area (Å²) in [5.41, 5.74) is 0.553. The van der Waals surface area contributed by atoms with Crippen molar-refractivity contribution >= 4 is 6.20 Å². The second-order valence-corrected chi connectivity index (χ2v) is 1.59. The van der Waals surface area contributed by atoms with Crippen molar-refractivity contribution in [3.63, 3.8) is 0 Å². The molecule has 4 heteroatoms. The normalized spacial score (nSPS) is 10.1. The zero-order valence-corrected chi connectivity index (χ0v) is 7.73. The van der Waals surface area contributed by atoms with Crippen LogP contribution in [0.25, 0.3) is 6.20 Å². The summed E-state index contributed by atoms with van der Waals surface area (Å²) in [6.45, 7) is 7.54. The van der Waals surface area contributed by atoms with Crippen LogP contribution in [-0.4, -0.2) is 21.8 Å². The Morgan fingerprint density at radius 2 is 2.17 bits per heavy atom. The van der Waals surface area contributed by atoms with Gasteiger partial charge in [0.15, 0.2) is 0 Å². The number of aromatic nitrogens is 3. The fourth-order valence-electron chi connectivity index (χ4n) is 0.601. The summed E-state index contributed by atoms with van der Waals surface area (Å²) in [7, 11) is 1.66. The van der Waals surface area contributed by atoms with Crippen molar-refractivity contribution in [2.24, 2.45) is 4.99 Å². The molecule has 0 bridgehead atoms. The van der Waals surface area contributed by atoms with Crippen LogP contribution in [0.1, 0.15) is 13.8 Å². The molecule has 0 N–H and O–H groups in total. The van der Waals surface area contributed by atoms with Gasteiger partial charge in [-0.05, 0) is 0 Å². The molecule has 1 rings (SSSR count). The zero-order valence-electron chi connectivity index (χ0n) is 7.73. The van der Waals surface area contributed by atoms with E-state index in [9.17, 15) is 0 Å². The van der Waals surface area contributed by atoms with Crippen LogP contribution in [0.3, 0.4) is 0 Å². The van der Waals surface area contributed by atoms with Crippen LogP contribution in [0.2, 0.25) is 0 Å². The summed E-state index contributed by atoms with van der Waals surface area (Å²) < 4.78 is 1.50. The molecule has 1 aromatic rings. The number of hydrogen-bond donors (Lipinski definition) is 0. The smallest absolute Gasteiger partial charge is 0.245 e. The summed E-state index contributed by atoms with van der Waals surface area (Å²) in [6.07, 6.45) is 4.72. The Morgan fingerprint density at radius 1 is 1.50 bits per heavy atom. The Balaban J connectivity index is 0.000000561. The quantitative estimate of drug-likeness (QED) is 0.623. The lowest BCUT2D eigenvalue weighted by Gasteiger charge is -1.93. The summed E-state index contributed by atoms with van der Waals surface area (Å²) >= 11 is 0. The van der Waals surface area contributed by atoms with Gasteiger partial charge in [-0.1, -0.05) is 20.4 Å². The second-order valence-electron chi connectivity index (χ2n) is 1.59. The first-order chi connectivity index (χ1) is 5.88. The minimum Gasteiger partial charge on any atom is -0.253 e. The molecule has 0 unspecified atom stereocenters. The fourth-order valence-corrected chi connectivity index (χ4v) is 0.601. The van der Waals surface area contributed by atoms with Gasteiger partial charge in [0.05, 0.1) is 12.4 Å². The number of hydrogen-bond acceptors (Lipinski definition) is 3. The third-order valence-corrected chi connectivity index (χ3v) is 1.03. The topological polar surface area (TPSA) is 43.1 Å². The molecule has 0 aliphatic heterocycles. The van der Waals surface area contributed by atoms with Crippen LogP contribution in [0.15, 0.2) is 24.0 Å². The van der Waals surface area contributed by atoms with Crippen molar-refractivity contribution in [2.45, 2.75) is 13.8 Å². The maximum atomic E-state index is 3.93. The zero-order chi connectivity index (χ0) is 9.40. The van der Waals surface area contributed by atoms with Gasteiger partial charge >= 0.3 is 0 Å². The van der Waals surface area contributed by atoms with E-state index < -0.39 is 0 Å². The molecule has 1 heterocycles. The highest BCUT2D eigenvalue weighted by molar-refractivity contribution is 5.10. The molecule has 0 aliphatic carbocycles. The molecule has 0 saturated heterocycles. The van der Waals surface area contributed by atoms with Gasteiger partial charge in [-0.3, -0.25) is 4.99 Å². The van der Waals surface area contributed by atoms with Gasteiger partial charge in [0, 0.05) is 13.2 Å². The minimum absolute atomic E-state index is 0.553. The molecule has 0 spiro atoms. The van der Waals surface area contributed by atoms with E-state index in [2.05, 4.69) is 21.7 Å². The molecule has 0 amide bonds. The van der Waals surface area contributed by atoms with E-state index in [1.807, 2.05) is 13.8 Å². The summed E-state index contributed by atoms with van der Waals surface area (Å²) in [6, 6.07) is 0. The van der Waals surface area contributed by atoms with Crippen LogP contribution < -0.4 is 5.62 Å². The van der Waals surface area contributed by atoms with Gasteiger partial charge in [-0.15, -0.1) is 0 Å². The molecule has 0 fully saturated rings. The molecule has 0 atom stereocenters. The molecule has 0 aliphatic rings. The first-order valence-corrected chi connectivity index (χ1v) is 3.83. The van der Waals surface area contributed by atoms with Gasteiger partial charge in [-0.25, -0.2) is 9.67 Å². The van der Waals surface area contributed by atoms with E-state index in [1.165, 1.54) is 4.68 Å². The Labute approximate surface area is 72.3 Å². The molecule has 0 radical (unpaired) electrons. The largest absolute Gasteiger partial charge is 0.253 e. The Bertz CT molecular complexity index is 287. The molecule has 1 aromatic heterocycles. The van der Waals surface area contributed by atoms with Crippen molar-refractivity contribution in [1.29, 1.82) is 0 Å². The number of rotatable bonds is 1. The predicted octanol–water partition coefficient (Wildman–Crippen LogP) is 0.935. The lowest BCUT2D eigenvalue weighted by atomic mass is 10.8. The van der Waals surface area contributed by atoms with E-state index in [-0.39, 0.29) is 0 Å². The van der Waals surface area contributed by atoms with Crippen LogP contribution in [0.4, 0.5) is 0 Å². The highest BCUT2D eigenvalue weighted by atomic mass is 15.3. The summed E-state index contributed by atoms with van der Waals surface area (Å²) in [5, 5.41) is 3.91. The van der Waals surface area contributed by atoms with Gasteiger partial charge in [0.1, 0.15) is 0 Å². The average Bonchev–Trinajstić information content (AvgIpc) is 2.20. The van der Waals surface area contributed by atoms with Crippen molar-refractivity contribution in [1.82, 2.24) is 14.8 Å². The van der Waals surface area contributed by atoms with E-state index in [4.69, 9.17) is 0 Å². The molecule has 12 heavy (non-hydrogen) atoms. The Kier molecular flexibility index (Phi) is 5.51. The summed E-state index contributed by atoms with van der Waals surface area (Å²) in [5.74, 6) is 0. The maximum Gasteiger partial charge on any atom is 0.245 e. The third-order valence-electron chi connectivity index (χ3n) is 1.03. The van der Waals surface area contributed by atoms with Gasteiger partial charge in [0.2, 0.25) is 5.62 Å². The van der Waals surface area contributed by atoms with E-state index in [0.717, 1.165) is 0 Å². The molecule has 66 valence electrons. The lowest BCUT2D eigenvalue weighted by Crippen LogP contribution is -2.21. The van der Waals surface area contributed by atoms with Gasteiger partial charge in [0.25, 0.3) is 0 Å². The monoisotopic (exact) mass is 166 g/mol. The lowest BCUT2D eigenvalue weighted by molar-refractivity contribution is 0.769. The highest BCUT2D eigenvalue weighted by Crippen LogP contribution is 1.69. The van der Waals surface area contributed by atoms with E-state index in [1.54, 1.807) is 25.6 Å². The van der Waals surface area contributed by atoms with Gasteiger partial charge < -0.3 is 0 Å². The van der Waals surface area contributed by atoms with Crippen LogP contribution in [0.5, 0.6) is 0 Å².